The van der Waals surface area contributed by atoms with E-state index in [1.54, 1.807) is 11.3 Å². The van der Waals surface area contributed by atoms with E-state index in [1.807, 2.05) is 28.9 Å². The number of thiophene rings is 1. The topological polar surface area (TPSA) is 29.9 Å². The van der Waals surface area contributed by atoms with Crippen LogP contribution >= 0.6 is 22.9 Å². The Labute approximate surface area is 132 Å². The summed E-state index contributed by atoms with van der Waals surface area (Å²) in [4.78, 5) is 1.22. The van der Waals surface area contributed by atoms with Gasteiger partial charge in [-0.1, -0.05) is 23.7 Å². The molecule has 3 aromatic rings. The standard InChI is InChI=1S/C16H14ClN3S/c1-10-8-14(21-9-10)15-11-6-7-18-16(11)20(19-15)13-5-3-2-4-12(13)17/h2-5,8-9,18H,6-7H2,1H3. The van der Waals surface area contributed by atoms with Crippen LogP contribution in [-0.2, 0) is 6.42 Å². The summed E-state index contributed by atoms with van der Waals surface area (Å²) in [7, 11) is 0. The Balaban J connectivity index is 1.93. The highest BCUT2D eigenvalue weighted by Gasteiger charge is 2.25. The molecule has 5 heteroatoms. The van der Waals surface area contributed by atoms with Crippen molar-refractivity contribution in [3.8, 4) is 16.3 Å². The Hall–Kier alpha value is -1.78. The third-order valence-corrected chi connectivity index (χ3v) is 5.07. The van der Waals surface area contributed by atoms with Crippen LogP contribution in [0.2, 0.25) is 5.02 Å². The first-order valence-electron chi connectivity index (χ1n) is 6.90. The van der Waals surface area contributed by atoms with Crippen LogP contribution < -0.4 is 5.32 Å². The minimum Gasteiger partial charge on any atom is -0.369 e. The Morgan fingerprint density at radius 2 is 2.19 bits per heavy atom. The maximum Gasteiger partial charge on any atom is 0.133 e. The molecule has 0 saturated carbocycles. The van der Waals surface area contributed by atoms with E-state index in [4.69, 9.17) is 16.7 Å². The van der Waals surface area contributed by atoms with Gasteiger partial charge in [0.15, 0.2) is 0 Å². The van der Waals surface area contributed by atoms with Crippen molar-refractivity contribution in [3.63, 3.8) is 0 Å². The van der Waals surface area contributed by atoms with E-state index in [1.165, 1.54) is 16.0 Å². The summed E-state index contributed by atoms with van der Waals surface area (Å²) in [6, 6.07) is 10.0. The van der Waals surface area contributed by atoms with Crippen molar-refractivity contribution in [2.75, 3.05) is 11.9 Å². The minimum absolute atomic E-state index is 0.713. The first-order valence-corrected chi connectivity index (χ1v) is 8.16. The van der Waals surface area contributed by atoms with Gasteiger partial charge < -0.3 is 5.32 Å². The SMILES string of the molecule is Cc1csc(-c2nn(-c3ccccc3Cl)c3c2CCN3)c1. The highest BCUT2D eigenvalue weighted by molar-refractivity contribution is 7.13. The maximum atomic E-state index is 6.33. The number of aromatic nitrogens is 2. The molecule has 1 aliphatic heterocycles. The molecule has 0 atom stereocenters. The van der Waals surface area contributed by atoms with Crippen LogP contribution in [0.4, 0.5) is 5.82 Å². The molecule has 0 saturated heterocycles. The van der Waals surface area contributed by atoms with Crippen LogP contribution in [0.15, 0.2) is 35.7 Å². The zero-order valence-corrected chi connectivity index (χ0v) is 13.1. The number of benzene rings is 1. The quantitative estimate of drug-likeness (QED) is 0.753. The number of aryl methyl sites for hydroxylation is 1. The van der Waals surface area contributed by atoms with E-state index in [0.717, 1.165) is 30.2 Å². The summed E-state index contributed by atoms with van der Waals surface area (Å²) >= 11 is 8.08. The summed E-state index contributed by atoms with van der Waals surface area (Å²) in [5.74, 6) is 1.07. The molecule has 0 amide bonds. The van der Waals surface area contributed by atoms with E-state index < -0.39 is 0 Å². The van der Waals surface area contributed by atoms with Crippen molar-refractivity contribution in [3.05, 3.63) is 51.9 Å². The molecule has 0 bridgehead atoms. The highest BCUT2D eigenvalue weighted by Crippen LogP contribution is 2.38. The normalized spacial score (nSPS) is 13.2. The number of para-hydroxylation sites is 1. The average molecular weight is 316 g/mol. The molecule has 0 radical (unpaired) electrons. The number of nitrogens with zero attached hydrogens (tertiary/aromatic N) is 2. The third kappa shape index (κ3) is 2.06. The van der Waals surface area contributed by atoms with Gasteiger partial charge in [-0.3, -0.25) is 0 Å². The van der Waals surface area contributed by atoms with Crippen molar-refractivity contribution in [2.45, 2.75) is 13.3 Å². The predicted molar refractivity (Wildman–Crippen MR) is 88.8 cm³/mol. The first kappa shape index (κ1) is 12.9. The molecule has 3 heterocycles. The number of anilines is 1. The molecule has 21 heavy (non-hydrogen) atoms. The van der Waals surface area contributed by atoms with Crippen molar-refractivity contribution >= 4 is 28.8 Å². The summed E-state index contributed by atoms with van der Waals surface area (Å²) in [5, 5.41) is 11.1. The van der Waals surface area contributed by atoms with Crippen molar-refractivity contribution in [2.24, 2.45) is 0 Å². The molecule has 106 valence electrons. The van der Waals surface area contributed by atoms with Gasteiger partial charge in [0.1, 0.15) is 11.5 Å². The van der Waals surface area contributed by atoms with E-state index >= 15 is 0 Å². The smallest absolute Gasteiger partial charge is 0.133 e. The van der Waals surface area contributed by atoms with Gasteiger partial charge in [-0.2, -0.15) is 5.10 Å². The molecule has 4 rings (SSSR count). The molecule has 1 aromatic carbocycles. The van der Waals surface area contributed by atoms with E-state index in [0.29, 0.717) is 5.02 Å². The van der Waals surface area contributed by atoms with Gasteiger partial charge in [0.2, 0.25) is 0 Å². The summed E-state index contributed by atoms with van der Waals surface area (Å²) < 4.78 is 1.94. The van der Waals surface area contributed by atoms with Gasteiger partial charge in [-0.15, -0.1) is 11.3 Å². The number of hydrogen-bond acceptors (Lipinski definition) is 3. The van der Waals surface area contributed by atoms with Crippen LogP contribution in [0.1, 0.15) is 11.1 Å². The van der Waals surface area contributed by atoms with Crippen molar-refractivity contribution in [1.29, 1.82) is 0 Å². The molecule has 1 aliphatic rings. The van der Waals surface area contributed by atoms with Crippen molar-refractivity contribution in [1.82, 2.24) is 9.78 Å². The van der Waals surface area contributed by atoms with E-state index in [9.17, 15) is 0 Å². The second kappa shape index (κ2) is 4.90. The summed E-state index contributed by atoms with van der Waals surface area (Å²) in [6.45, 7) is 3.07. The van der Waals surface area contributed by atoms with Crippen LogP contribution in [0.25, 0.3) is 16.3 Å². The van der Waals surface area contributed by atoms with Gasteiger partial charge in [0.05, 0.1) is 15.6 Å². The lowest BCUT2D eigenvalue weighted by Crippen LogP contribution is -2.04. The van der Waals surface area contributed by atoms with Gasteiger partial charge in [0, 0.05) is 12.1 Å². The van der Waals surface area contributed by atoms with Gasteiger partial charge in [0.25, 0.3) is 0 Å². The number of nitrogens with one attached hydrogen (secondary N) is 1. The third-order valence-electron chi connectivity index (χ3n) is 3.70. The molecule has 2 aromatic heterocycles. The van der Waals surface area contributed by atoms with E-state index in [2.05, 4.69) is 23.7 Å². The highest BCUT2D eigenvalue weighted by atomic mass is 35.5. The number of fused-ring (bicyclic) bond motifs is 1. The molecule has 0 aliphatic carbocycles. The second-order valence-electron chi connectivity index (χ2n) is 5.20. The van der Waals surface area contributed by atoms with Gasteiger partial charge in [-0.05, 0) is 42.5 Å². The van der Waals surface area contributed by atoms with Crippen LogP contribution in [0, 0.1) is 6.92 Å². The Morgan fingerprint density at radius 1 is 1.33 bits per heavy atom. The fraction of sp³-hybridized carbons (Fsp3) is 0.188. The van der Waals surface area contributed by atoms with Crippen LogP contribution in [-0.4, -0.2) is 16.3 Å². The zero-order chi connectivity index (χ0) is 14.4. The number of halogens is 1. The second-order valence-corrected chi connectivity index (χ2v) is 6.52. The molecule has 0 spiro atoms. The lowest BCUT2D eigenvalue weighted by Gasteiger charge is -2.07. The molecular formula is C16H14ClN3S. The van der Waals surface area contributed by atoms with Crippen LogP contribution in [0.5, 0.6) is 0 Å². The van der Waals surface area contributed by atoms with Gasteiger partial charge in [-0.25, -0.2) is 4.68 Å². The van der Waals surface area contributed by atoms with Crippen LogP contribution in [0.3, 0.4) is 0 Å². The number of rotatable bonds is 2. The maximum absolute atomic E-state index is 6.33. The predicted octanol–water partition coefficient (Wildman–Crippen LogP) is 4.53. The van der Waals surface area contributed by atoms with Gasteiger partial charge >= 0.3 is 0 Å². The largest absolute Gasteiger partial charge is 0.369 e. The molecule has 3 nitrogen and oxygen atoms in total. The van der Waals surface area contributed by atoms with Crippen molar-refractivity contribution < 1.29 is 0 Å². The Morgan fingerprint density at radius 3 is 2.95 bits per heavy atom. The first-order chi connectivity index (χ1) is 10.2. The fourth-order valence-corrected chi connectivity index (χ4v) is 3.85. The Bertz CT molecular complexity index is 819. The lowest BCUT2D eigenvalue weighted by atomic mass is 10.1. The fourth-order valence-electron chi connectivity index (χ4n) is 2.73. The lowest BCUT2D eigenvalue weighted by molar-refractivity contribution is 0.883. The molecule has 1 N–H and O–H groups in total. The van der Waals surface area contributed by atoms with E-state index in [-0.39, 0.29) is 0 Å². The average Bonchev–Trinajstić information content (AvgIpc) is 3.15. The molecule has 0 fully saturated rings. The summed E-state index contributed by atoms with van der Waals surface area (Å²) in [5.41, 5.74) is 4.57. The molecule has 0 unspecified atom stereocenters. The number of hydrogen-bond donors (Lipinski definition) is 1. The summed E-state index contributed by atoms with van der Waals surface area (Å²) in [6.07, 6.45) is 1.01. The molecular weight excluding hydrogens is 302 g/mol. The monoisotopic (exact) mass is 315 g/mol. The minimum atomic E-state index is 0.713. The zero-order valence-electron chi connectivity index (χ0n) is 11.6. The Kier molecular flexibility index (Phi) is 3.01.